The van der Waals surface area contributed by atoms with Gasteiger partial charge in [-0.05, 0) is 56.6 Å². The zero-order valence-electron chi connectivity index (χ0n) is 14.6. The molecule has 1 saturated heterocycles. The fraction of sp³-hybridized carbons (Fsp3) is 0.611. The van der Waals surface area contributed by atoms with Crippen LogP contribution < -0.4 is 10.1 Å². The Bertz CT molecular complexity index is 476. The molecular weight excluding hydrogens is 328 g/mol. The van der Waals surface area contributed by atoms with Gasteiger partial charge in [-0.2, -0.15) is 0 Å². The van der Waals surface area contributed by atoms with Gasteiger partial charge in [-0.25, -0.2) is 0 Å². The van der Waals surface area contributed by atoms with Crippen LogP contribution >= 0.6 is 12.4 Å². The van der Waals surface area contributed by atoms with Crippen LogP contribution in [0.1, 0.15) is 36.5 Å². The molecule has 5 nitrogen and oxygen atoms in total. The quantitative estimate of drug-likeness (QED) is 0.728. The lowest BCUT2D eigenvalue weighted by Gasteiger charge is -2.34. The van der Waals surface area contributed by atoms with E-state index >= 15 is 0 Å². The van der Waals surface area contributed by atoms with Crippen LogP contribution in [0, 0.1) is 0 Å². The van der Waals surface area contributed by atoms with Crippen LogP contribution in [0.2, 0.25) is 0 Å². The van der Waals surface area contributed by atoms with Crippen LogP contribution in [-0.2, 0) is 4.74 Å². The molecule has 6 heteroatoms. The summed E-state index contributed by atoms with van der Waals surface area (Å²) in [4.78, 5) is 14.9. The van der Waals surface area contributed by atoms with E-state index in [0.29, 0.717) is 19.3 Å². The minimum atomic E-state index is 0. The number of carbonyl (C=O) groups is 1. The van der Waals surface area contributed by atoms with E-state index in [1.54, 1.807) is 7.11 Å². The lowest BCUT2D eigenvalue weighted by molar-refractivity contribution is 0.0642. The number of rotatable bonds is 8. The van der Waals surface area contributed by atoms with E-state index in [0.717, 1.165) is 50.2 Å². The number of halogens is 1. The van der Waals surface area contributed by atoms with Crippen LogP contribution in [0.4, 0.5) is 0 Å². The Labute approximate surface area is 151 Å². The van der Waals surface area contributed by atoms with Crippen molar-refractivity contribution in [2.75, 3.05) is 40.0 Å². The minimum Gasteiger partial charge on any atom is -0.491 e. The molecule has 1 heterocycles. The van der Waals surface area contributed by atoms with Crippen LogP contribution in [0.5, 0.6) is 5.75 Å². The van der Waals surface area contributed by atoms with Crippen LogP contribution in [0.15, 0.2) is 24.3 Å². The first-order valence-corrected chi connectivity index (χ1v) is 8.49. The highest BCUT2D eigenvalue weighted by Gasteiger charge is 2.25. The van der Waals surface area contributed by atoms with E-state index in [9.17, 15) is 4.79 Å². The van der Waals surface area contributed by atoms with Crippen molar-refractivity contribution in [3.8, 4) is 5.75 Å². The van der Waals surface area contributed by atoms with E-state index in [1.807, 2.05) is 29.2 Å². The van der Waals surface area contributed by atoms with Crippen molar-refractivity contribution >= 4 is 18.3 Å². The molecule has 0 saturated carbocycles. The lowest BCUT2D eigenvalue weighted by Crippen LogP contribution is -2.46. The fourth-order valence-corrected chi connectivity index (χ4v) is 2.91. The lowest BCUT2D eigenvalue weighted by atomic mass is 10.0. The van der Waals surface area contributed by atoms with Crippen LogP contribution in [0.25, 0.3) is 0 Å². The van der Waals surface area contributed by atoms with Crippen molar-refractivity contribution in [2.45, 2.75) is 32.2 Å². The number of methoxy groups -OCH3 is 1. The van der Waals surface area contributed by atoms with Crippen LogP contribution in [0.3, 0.4) is 0 Å². The Balaban J connectivity index is 0.00000288. The number of nitrogens with one attached hydrogen (secondary N) is 1. The summed E-state index contributed by atoms with van der Waals surface area (Å²) in [6, 6.07) is 7.77. The summed E-state index contributed by atoms with van der Waals surface area (Å²) in [5.74, 6) is 0.893. The van der Waals surface area contributed by atoms with Gasteiger partial charge in [0.25, 0.3) is 5.91 Å². The zero-order chi connectivity index (χ0) is 16.5. The molecule has 0 spiro atoms. The van der Waals surface area contributed by atoms with Gasteiger partial charge >= 0.3 is 0 Å². The van der Waals surface area contributed by atoms with E-state index in [2.05, 4.69) is 12.2 Å². The molecule has 0 unspecified atom stereocenters. The molecule has 1 aliphatic rings. The largest absolute Gasteiger partial charge is 0.491 e. The van der Waals surface area contributed by atoms with E-state index in [1.165, 1.54) is 0 Å². The molecule has 1 aromatic rings. The Kier molecular flexibility index (Phi) is 9.76. The average Bonchev–Trinajstić information content (AvgIpc) is 2.61. The second-order valence-electron chi connectivity index (χ2n) is 5.85. The van der Waals surface area contributed by atoms with Gasteiger partial charge in [-0.1, -0.05) is 6.92 Å². The maximum atomic E-state index is 12.9. The second kappa shape index (κ2) is 11.3. The monoisotopic (exact) mass is 356 g/mol. The molecule has 0 radical (unpaired) electrons. The highest BCUT2D eigenvalue weighted by Crippen LogP contribution is 2.18. The molecule has 24 heavy (non-hydrogen) atoms. The number of carbonyl (C=O) groups excluding carboxylic acids is 1. The number of hydrogen-bond donors (Lipinski definition) is 1. The van der Waals surface area contributed by atoms with Crippen molar-refractivity contribution in [3.05, 3.63) is 29.8 Å². The summed E-state index contributed by atoms with van der Waals surface area (Å²) < 4.78 is 10.5. The van der Waals surface area contributed by atoms with Crippen molar-refractivity contribution in [2.24, 2.45) is 0 Å². The number of nitrogens with zero attached hydrogens (tertiary/aromatic N) is 1. The van der Waals surface area contributed by atoms with Gasteiger partial charge in [-0.3, -0.25) is 4.79 Å². The molecule has 0 aromatic heterocycles. The van der Waals surface area contributed by atoms with Gasteiger partial charge in [-0.15, -0.1) is 12.4 Å². The Morgan fingerprint density at radius 2 is 1.88 bits per heavy atom. The molecule has 136 valence electrons. The van der Waals surface area contributed by atoms with Crippen molar-refractivity contribution in [3.63, 3.8) is 0 Å². The smallest absolute Gasteiger partial charge is 0.254 e. The maximum Gasteiger partial charge on any atom is 0.254 e. The van der Waals surface area contributed by atoms with Gasteiger partial charge in [0.05, 0.1) is 6.61 Å². The number of ether oxygens (including phenoxy) is 2. The van der Waals surface area contributed by atoms with Gasteiger partial charge in [0.1, 0.15) is 12.4 Å². The first-order valence-electron chi connectivity index (χ1n) is 8.49. The van der Waals surface area contributed by atoms with Crippen molar-refractivity contribution in [1.82, 2.24) is 10.2 Å². The van der Waals surface area contributed by atoms with Crippen LogP contribution in [-0.4, -0.2) is 56.8 Å². The highest BCUT2D eigenvalue weighted by atomic mass is 35.5. The molecule has 1 N–H and O–H groups in total. The van der Waals surface area contributed by atoms with Gasteiger partial charge < -0.3 is 19.7 Å². The summed E-state index contributed by atoms with van der Waals surface area (Å²) in [5, 5.41) is 3.36. The zero-order valence-corrected chi connectivity index (χ0v) is 15.4. The SMILES string of the molecule is CCCN(C(=O)c1ccc(OCCOC)cc1)C1CCNCC1.Cl. The summed E-state index contributed by atoms with van der Waals surface area (Å²) in [6.45, 7) is 5.99. The topological polar surface area (TPSA) is 50.8 Å². The standard InChI is InChI=1S/C18H28N2O3.ClH/c1-3-12-20(16-8-10-19-11-9-16)18(21)15-4-6-17(7-5-15)23-14-13-22-2;/h4-7,16,19H,3,8-14H2,1-2H3;1H. The minimum absolute atomic E-state index is 0. The first-order chi connectivity index (χ1) is 11.3. The number of piperidine rings is 1. The molecule has 1 aliphatic heterocycles. The van der Waals surface area contributed by atoms with Gasteiger partial charge in [0, 0.05) is 25.3 Å². The first kappa shape index (κ1) is 20.7. The molecule has 0 aliphatic carbocycles. The number of benzene rings is 1. The Hall–Kier alpha value is -1.30. The molecule has 1 aromatic carbocycles. The van der Waals surface area contributed by atoms with E-state index in [4.69, 9.17) is 9.47 Å². The number of hydrogen-bond acceptors (Lipinski definition) is 4. The fourth-order valence-electron chi connectivity index (χ4n) is 2.91. The van der Waals surface area contributed by atoms with Gasteiger partial charge in [0.15, 0.2) is 0 Å². The van der Waals surface area contributed by atoms with Crippen molar-refractivity contribution in [1.29, 1.82) is 0 Å². The summed E-state index contributed by atoms with van der Waals surface area (Å²) >= 11 is 0. The predicted octanol–water partition coefficient (Wildman–Crippen LogP) is 2.74. The molecule has 0 bridgehead atoms. The molecule has 2 rings (SSSR count). The highest BCUT2D eigenvalue weighted by molar-refractivity contribution is 5.94. The van der Waals surface area contributed by atoms with E-state index < -0.39 is 0 Å². The summed E-state index contributed by atoms with van der Waals surface area (Å²) in [7, 11) is 1.65. The molecule has 1 amide bonds. The average molecular weight is 357 g/mol. The Morgan fingerprint density at radius 3 is 2.46 bits per heavy atom. The summed E-state index contributed by atoms with van der Waals surface area (Å²) in [6.07, 6.45) is 3.04. The third-order valence-electron chi connectivity index (χ3n) is 4.13. The molecule has 1 fully saturated rings. The van der Waals surface area contributed by atoms with E-state index in [-0.39, 0.29) is 18.3 Å². The molecule has 0 atom stereocenters. The van der Waals surface area contributed by atoms with Crippen molar-refractivity contribution < 1.29 is 14.3 Å². The number of amides is 1. The maximum absolute atomic E-state index is 12.9. The predicted molar refractivity (Wildman–Crippen MR) is 98.3 cm³/mol. The summed E-state index contributed by atoms with van der Waals surface area (Å²) in [5.41, 5.74) is 0.732. The second-order valence-corrected chi connectivity index (χ2v) is 5.85. The van der Waals surface area contributed by atoms with Gasteiger partial charge in [0.2, 0.25) is 0 Å². The molecular formula is C18H29ClN2O3. The third kappa shape index (κ3) is 5.96. The Morgan fingerprint density at radius 1 is 1.21 bits per heavy atom. The third-order valence-corrected chi connectivity index (χ3v) is 4.13. The normalized spacial score (nSPS) is 14.8.